The molecule has 0 atom stereocenters. The Morgan fingerprint density at radius 2 is 0.915 bits per heavy atom. The summed E-state index contributed by atoms with van der Waals surface area (Å²) in [5.74, 6) is -2.72. The zero-order valence-corrected chi connectivity index (χ0v) is 52.3. The van der Waals surface area contributed by atoms with Gasteiger partial charge in [-0.25, -0.2) is 15.0 Å². The summed E-state index contributed by atoms with van der Waals surface area (Å²) >= 11 is 13.8. The quantitative estimate of drug-likeness (QED) is 0.0383. The van der Waals surface area contributed by atoms with Gasteiger partial charge in [-0.05, 0) is 40.2 Å². The van der Waals surface area contributed by atoms with Crippen LogP contribution in [0.1, 0.15) is 101 Å². The summed E-state index contributed by atoms with van der Waals surface area (Å²) in [6.07, 6.45) is 18.9. The van der Waals surface area contributed by atoms with E-state index in [0.717, 1.165) is 0 Å². The molecule has 4 amide bonds. The fraction of sp³-hybridized carbons (Fsp3) is 0.323. The molecule has 2 saturated heterocycles. The molecule has 20 heteroatoms. The average Bonchev–Trinajstić information content (AvgIpc) is 4.41. The second kappa shape index (κ2) is 29.4. The molecule has 0 spiro atoms. The minimum Gasteiger partial charge on any atom is -0.359 e. The molecule has 7 heterocycles. The van der Waals surface area contributed by atoms with Gasteiger partial charge < -0.3 is 29.6 Å². The molecule has 0 bridgehead atoms. The van der Waals surface area contributed by atoms with Crippen LogP contribution in [0.5, 0.6) is 0 Å². The number of carbonyl (C=O) groups excluding carboxylic acids is 6. The Bertz CT molecular complexity index is 3460. The van der Waals surface area contributed by atoms with E-state index in [1.165, 1.54) is 79.4 Å². The number of ketones is 2. The molecule has 2 aliphatic heterocycles. The van der Waals surface area contributed by atoms with E-state index in [0.29, 0.717) is 93.1 Å². The fourth-order valence-corrected chi connectivity index (χ4v) is 27.5. The number of H-pyrrole nitrogens is 2. The first-order valence-electron chi connectivity index (χ1n) is 27.9. The Morgan fingerprint density at radius 3 is 1.35 bits per heavy atom. The van der Waals surface area contributed by atoms with E-state index in [9.17, 15) is 28.8 Å². The number of benzene rings is 3. The Balaban J connectivity index is 0.000000168. The van der Waals surface area contributed by atoms with Crippen LogP contribution in [0.3, 0.4) is 0 Å². The van der Waals surface area contributed by atoms with Gasteiger partial charge in [0.05, 0.1) is 37.9 Å². The van der Waals surface area contributed by atoms with Crippen molar-refractivity contribution in [1.29, 1.82) is 0 Å². The molecule has 426 valence electrons. The second-order valence-electron chi connectivity index (χ2n) is 20.4. The van der Waals surface area contributed by atoms with Crippen molar-refractivity contribution >= 4 is 118 Å². The van der Waals surface area contributed by atoms with Gasteiger partial charge in [-0.3, -0.25) is 33.8 Å². The van der Waals surface area contributed by atoms with E-state index in [-0.39, 0.29) is 41.1 Å². The molecule has 0 saturated carbocycles. The molecule has 16 nitrogen and oxygen atoms in total. The topological polar surface area (TPSA) is 199 Å². The number of aromatic nitrogens is 6. The van der Waals surface area contributed by atoms with Crippen molar-refractivity contribution in [2.75, 3.05) is 52.4 Å². The third-order valence-electron chi connectivity index (χ3n) is 15.2. The Kier molecular flexibility index (Phi) is 22.0. The van der Waals surface area contributed by atoms with E-state index in [4.69, 9.17) is 23.2 Å². The number of hydrogen-bond donors (Lipinski definition) is 2. The predicted octanol–water partition coefficient (Wildman–Crippen LogP) is 11.7. The normalized spacial score (nSPS) is 13.5. The molecule has 0 radical (unpaired) electrons. The van der Waals surface area contributed by atoms with E-state index < -0.39 is 41.8 Å². The first kappa shape index (κ1) is 61.3. The SMILES string of the molecule is CCC[CH2][Sn]([CH2]CCC)([CH2]CCC)[c]1ccccc1.O=C(C(=O)N1CCN(C(=O)c2ccccc2)CC1)c1c[nH]c2c(-c3cncnc3)ncc(Cl)c12.O=C(C(=O)N1CCN(C(=O)c2ccccc2)CC1)c1c[nH]c2c(Br)ncc(Cl)c12. The van der Waals surface area contributed by atoms with Gasteiger partial charge in [0, 0.05) is 117 Å². The van der Waals surface area contributed by atoms with Gasteiger partial charge >= 0.3 is 125 Å². The van der Waals surface area contributed by atoms with Crippen LogP contribution in [0.2, 0.25) is 23.4 Å². The summed E-state index contributed by atoms with van der Waals surface area (Å²) in [5, 5.41) is 1.43. The fourth-order valence-electron chi connectivity index (χ4n) is 10.6. The number of carbonyl (C=O) groups is 6. The summed E-state index contributed by atoms with van der Waals surface area (Å²) in [5.41, 5.74) is 3.85. The standard InChI is InChI=1S/C24H19ClN6O3.C20H16BrClN4O3.C6H5.3C4H9.Sn/c25-18-13-29-20(16-10-26-14-27-11-16)21-19(18)17(12-28-21)22(32)24(34)31-8-6-30(7-9-31)23(33)15-4-2-1-3-5-15;21-18-16-15(14(22)11-24-18)13(10-23-16)17(27)20(29)26-8-6-25(7-9-26)19(28)12-4-2-1-3-5-12;1-2-4-6-5-3-1;3*1-3-4-2;/h1-5,10-14,28H,6-9H2;1-5,10-11,23H,6-9H2;1-5H;3*1,3-4H2,2H3;. The Hall–Kier alpha value is -6.80. The number of pyridine rings is 2. The number of nitrogens with zero attached hydrogens (tertiary/aromatic N) is 8. The van der Waals surface area contributed by atoms with Gasteiger partial charge in [-0.1, -0.05) is 59.6 Å². The van der Waals surface area contributed by atoms with E-state index >= 15 is 0 Å². The third kappa shape index (κ3) is 14.5. The van der Waals surface area contributed by atoms with Crippen LogP contribution < -0.4 is 3.58 Å². The van der Waals surface area contributed by atoms with Crippen LogP contribution in [0.4, 0.5) is 0 Å². The van der Waals surface area contributed by atoms with E-state index in [2.05, 4.69) is 96.9 Å². The van der Waals surface area contributed by atoms with Crippen molar-refractivity contribution in [3.8, 4) is 11.3 Å². The van der Waals surface area contributed by atoms with Crippen LogP contribution in [-0.2, 0) is 9.59 Å². The van der Waals surface area contributed by atoms with Gasteiger partial charge in [-0.2, -0.15) is 0 Å². The number of halogens is 3. The number of Topliss-reactive ketones (excluding diaryl/α,β-unsaturated/α-hetero) is 2. The smallest absolute Gasteiger partial charge is 0.295 e. The van der Waals surface area contributed by atoms with Gasteiger partial charge in [0.2, 0.25) is 0 Å². The van der Waals surface area contributed by atoms with Crippen molar-refractivity contribution in [3.05, 3.63) is 171 Å². The van der Waals surface area contributed by atoms with Crippen molar-refractivity contribution in [2.45, 2.75) is 72.6 Å². The summed E-state index contributed by atoms with van der Waals surface area (Å²) in [4.78, 5) is 106. The number of unbranched alkanes of at least 4 members (excludes halogenated alkanes) is 3. The van der Waals surface area contributed by atoms with Gasteiger partial charge in [-0.15, -0.1) is 0 Å². The number of amides is 4. The van der Waals surface area contributed by atoms with Crippen LogP contribution in [0, 0.1) is 0 Å². The maximum absolute atomic E-state index is 13.2. The molecular formula is C62H67BrCl2N10O6Sn. The number of fused-ring (bicyclic) bond motifs is 2. The zero-order chi connectivity index (χ0) is 58.2. The maximum Gasteiger partial charge on any atom is 0.295 e. The zero-order valence-electron chi connectivity index (χ0n) is 46.4. The third-order valence-corrected chi connectivity index (χ3v) is 32.0. The summed E-state index contributed by atoms with van der Waals surface area (Å²) in [6.45, 7) is 9.63. The van der Waals surface area contributed by atoms with Crippen molar-refractivity contribution in [3.63, 3.8) is 0 Å². The summed E-state index contributed by atoms with van der Waals surface area (Å²) in [6, 6.07) is 29.6. The van der Waals surface area contributed by atoms with E-state index in [1.807, 2.05) is 36.4 Å². The van der Waals surface area contributed by atoms with Crippen LogP contribution in [0.15, 0.2) is 139 Å². The molecule has 0 unspecified atom stereocenters. The number of aromatic amines is 2. The molecule has 0 aliphatic carbocycles. The van der Waals surface area contributed by atoms with Gasteiger partial charge in [0.25, 0.3) is 35.2 Å². The number of rotatable bonds is 17. The molecule has 8 aromatic rings. The molecule has 82 heavy (non-hydrogen) atoms. The van der Waals surface area contributed by atoms with Crippen LogP contribution >= 0.6 is 39.1 Å². The first-order valence-corrected chi connectivity index (χ1v) is 37.0. The Morgan fingerprint density at radius 1 is 0.524 bits per heavy atom. The molecule has 10 rings (SSSR count). The Labute approximate surface area is 500 Å². The molecule has 3 aromatic carbocycles. The molecule has 2 fully saturated rings. The number of nitrogens with one attached hydrogen (secondary N) is 2. The van der Waals surface area contributed by atoms with Crippen LogP contribution in [-0.4, -0.2) is 155 Å². The average molecular weight is 1320 g/mol. The minimum absolute atomic E-state index is 0.0789. The van der Waals surface area contributed by atoms with Gasteiger partial charge in [0.1, 0.15) is 10.9 Å². The largest absolute Gasteiger partial charge is 0.359 e. The number of piperazine rings is 2. The predicted molar refractivity (Wildman–Crippen MR) is 328 cm³/mol. The van der Waals surface area contributed by atoms with Crippen molar-refractivity contribution in [1.82, 2.24) is 49.5 Å². The molecule has 2 aliphatic rings. The minimum atomic E-state index is -2.10. The monoisotopic (exact) mass is 1320 g/mol. The van der Waals surface area contributed by atoms with Gasteiger partial charge in [0.15, 0.2) is 0 Å². The molecule has 5 aromatic heterocycles. The van der Waals surface area contributed by atoms with E-state index in [1.54, 1.807) is 63.3 Å². The molecule has 2 N–H and O–H groups in total. The number of hydrogen-bond acceptors (Lipinski definition) is 10. The summed E-state index contributed by atoms with van der Waals surface area (Å²) in [7, 11) is 0. The van der Waals surface area contributed by atoms with Crippen molar-refractivity contribution < 1.29 is 28.8 Å². The second-order valence-corrected chi connectivity index (χ2v) is 35.2. The maximum atomic E-state index is 13.2. The molecular weight excluding hydrogens is 1250 g/mol. The first-order chi connectivity index (χ1) is 39.8. The van der Waals surface area contributed by atoms with Crippen molar-refractivity contribution in [2.24, 2.45) is 0 Å². The summed E-state index contributed by atoms with van der Waals surface area (Å²) < 4.78 is 7.04. The van der Waals surface area contributed by atoms with Crippen LogP contribution in [0.25, 0.3) is 33.1 Å².